The number of carbonyl (C=O) groups excluding carboxylic acids is 1. The number of nitrogens with one attached hydrogen (secondary N) is 3. The van der Waals surface area contributed by atoms with Crippen molar-refractivity contribution in [2.24, 2.45) is 5.92 Å². The molecule has 10 nitrogen and oxygen atoms in total. The van der Waals surface area contributed by atoms with Gasteiger partial charge < -0.3 is 10.3 Å². The third kappa shape index (κ3) is 3.87. The molecule has 0 spiro atoms. The summed E-state index contributed by atoms with van der Waals surface area (Å²) in [5.41, 5.74) is 4.89. The fourth-order valence-electron chi connectivity index (χ4n) is 3.60. The first-order valence-corrected chi connectivity index (χ1v) is 10.3. The van der Waals surface area contributed by atoms with E-state index in [0.29, 0.717) is 46.1 Å². The van der Waals surface area contributed by atoms with Crippen LogP contribution < -0.4 is 5.32 Å². The van der Waals surface area contributed by atoms with Crippen LogP contribution in [-0.4, -0.2) is 41.0 Å². The average Bonchev–Trinajstić information content (AvgIpc) is 3.41. The zero-order valence-corrected chi connectivity index (χ0v) is 17.9. The van der Waals surface area contributed by atoms with Gasteiger partial charge in [-0.05, 0) is 24.1 Å². The summed E-state index contributed by atoms with van der Waals surface area (Å²) in [5.74, 6) is 0.737. The number of nitrogens with zero attached hydrogens (tertiary/aromatic N) is 6. The van der Waals surface area contributed by atoms with Crippen molar-refractivity contribution in [2.45, 2.75) is 20.3 Å². The molecule has 0 radical (unpaired) electrons. The monoisotopic (exact) mass is 437 g/mol. The summed E-state index contributed by atoms with van der Waals surface area (Å²) in [5, 5.41) is 10.9. The van der Waals surface area contributed by atoms with Gasteiger partial charge in [-0.1, -0.05) is 13.8 Å². The van der Waals surface area contributed by atoms with Gasteiger partial charge in [0.2, 0.25) is 11.6 Å². The number of carbonyl (C=O) groups is 1. The minimum absolute atomic E-state index is 0.0491. The van der Waals surface area contributed by atoms with E-state index in [9.17, 15) is 4.79 Å². The van der Waals surface area contributed by atoms with Crippen LogP contribution in [0.2, 0.25) is 0 Å². The van der Waals surface area contributed by atoms with Gasteiger partial charge in [0.25, 0.3) is 0 Å². The van der Waals surface area contributed by atoms with Gasteiger partial charge in [0.1, 0.15) is 5.69 Å². The van der Waals surface area contributed by atoms with Crippen molar-refractivity contribution < 1.29 is 4.79 Å². The number of pyridine rings is 3. The maximum atomic E-state index is 12.1. The minimum Gasteiger partial charge on any atom is -0.345 e. The minimum atomic E-state index is -0.0491. The quantitative estimate of drug-likeness (QED) is 0.347. The van der Waals surface area contributed by atoms with Gasteiger partial charge >= 0.3 is 0 Å². The largest absolute Gasteiger partial charge is 0.345 e. The number of aromatic amines is 2. The lowest BCUT2D eigenvalue weighted by atomic mass is 10.1. The molecule has 10 heteroatoms. The molecule has 0 saturated heterocycles. The Morgan fingerprint density at radius 1 is 1.15 bits per heavy atom. The molecule has 5 rings (SSSR count). The van der Waals surface area contributed by atoms with Gasteiger partial charge in [-0.3, -0.25) is 14.9 Å². The number of H-pyrrole nitrogens is 2. The second-order valence-electron chi connectivity index (χ2n) is 8.03. The molecule has 0 saturated carbocycles. The predicted molar refractivity (Wildman–Crippen MR) is 124 cm³/mol. The maximum Gasteiger partial charge on any atom is 0.224 e. The fraction of sp³-hybridized carbons (Fsp3) is 0.174. The van der Waals surface area contributed by atoms with Crippen molar-refractivity contribution >= 4 is 39.5 Å². The topological polar surface area (TPSA) is 129 Å². The van der Waals surface area contributed by atoms with Crippen LogP contribution in [0.15, 0.2) is 43.0 Å². The number of amides is 1. The van der Waals surface area contributed by atoms with Crippen molar-refractivity contribution in [1.29, 1.82) is 0 Å². The summed E-state index contributed by atoms with van der Waals surface area (Å²) in [6.07, 6.45) is 7.05. The van der Waals surface area contributed by atoms with Gasteiger partial charge in [0.15, 0.2) is 17.1 Å². The van der Waals surface area contributed by atoms with Crippen molar-refractivity contribution in [3.8, 4) is 22.6 Å². The molecule has 0 bridgehead atoms. The third-order valence-corrected chi connectivity index (χ3v) is 5.09. The van der Waals surface area contributed by atoms with Crippen LogP contribution in [0.5, 0.6) is 0 Å². The van der Waals surface area contributed by atoms with E-state index in [1.54, 1.807) is 30.9 Å². The summed E-state index contributed by atoms with van der Waals surface area (Å²) in [6.45, 7) is 11.3. The van der Waals surface area contributed by atoms with E-state index >= 15 is 0 Å². The highest BCUT2D eigenvalue weighted by atomic mass is 16.1. The molecule has 5 heterocycles. The standard InChI is InChI=1S/C23H19N9O/c1-12(2)6-18(33)28-15-7-13(9-25-11-15)14-8-16-19(31-32-21(16)27-10-14)23-29-20-17(24-3)4-5-26-22(20)30-23/h4-5,7-12H,6H2,1-2H3,(H,28,33)(H,26,29,30)(H,27,31,32). The number of anilines is 1. The van der Waals surface area contributed by atoms with E-state index < -0.39 is 0 Å². The van der Waals surface area contributed by atoms with Gasteiger partial charge in [0.05, 0.1) is 29.4 Å². The molecule has 1 amide bonds. The van der Waals surface area contributed by atoms with Crippen molar-refractivity contribution in [3.05, 3.63) is 54.4 Å². The molecule has 33 heavy (non-hydrogen) atoms. The molecule has 0 aromatic carbocycles. The Balaban J connectivity index is 1.53. The summed E-state index contributed by atoms with van der Waals surface area (Å²) in [7, 11) is 0. The summed E-state index contributed by atoms with van der Waals surface area (Å²) < 4.78 is 0. The molecule has 162 valence electrons. The Bertz CT molecular complexity index is 1540. The van der Waals surface area contributed by atoms with Crippen LogP contribution in [-0.2, 0) is 4.79 Å². The molecule has 0 fully saturated rings. The second-order valence-corrected chi connectivity index (χ2v) is 8.03. The van der Waals surface area contributed by atoms with Gasteiger partial charge in [-0.25, -0.2) is 19.8 Å². The lowest BCUT2D eigenvalue weighted by Gasteiger charge is -2.08. The SMILES string of the molecule is [C-]#[N+]c1ccnc2nc(-c3[nH]nc4ncc(-c5cncc(NC(=O)CC(C)C)c5)cc34)[nH]c12. The highest BCUT2D eigenvalue weighted by Gasteiger charge is 2.16. The third-order valence-electron chi connectivity index (χ3n) is 5.09. The second kappa shape index (κ2) is 8.12. The van der Waals surface area contributed by atoms with E-state index in [4.69, 9.17) is 6.57 Å². The Hall–Kier alpha value is -4.65. The summed E-state index contributed by atoms with van der Waals surface area (Å²) >= 11 is 0. The first-order chi connectivity index (χ1) is 16.0. The number of fused-ring (bicyclic) bond motifs is 2. The molecule has 0 aliphatic rings. The highest BCUT2D eigenvalue weighted by molar-refractivity contribution is 5.95. The normalized spacial score (nSPS) is 11.2. The van der Waals surface area contributed by atoms with Gasteiger partial charge in [-0.15, -0.1) is 0 Å². The summed E-state index contributed by atoms with van der Waals surface area (Å²) in [4.78, 5) is 36.3. The van der Waals surface area contributed by atoms with Crippen LogP contribution in [0.1, 0.15) is 20.3 Å². The number of imidazole rings is 1. The molecule has 0 aliphatic carbocycles. The zero-order chi connectivity index (χ0) is 22.9. The lowest BCUT2D eigenvalue weighted by Crippen LogP contribution is -2.13. The molecule has 0 atom stereocenters. The van der Waals surface area contributed by atoms with E-state index in [1.165, 1.54) is 0 Å². The number of hydrogen-bond acceptors (Lipinski definition) is 6. The Kier molecular flexibility index (Phi) is 4.99. The molecule has 5 aromatic rings. The van der Waals surface area contributed by atoms with Crippen LogP contribution in [0.25, 0.3) is 49.7 Å². The zero-order valence-electron chi connectivity index (χ0n) is 17.9. The maximum absolute atomic E-state index is 12.1. The highest BCUT2D eigenvalue weighted by Crippen LogP contribution is 2.31. The first-order valence-electron chi connectivity index (χ1n) is 10.3. The van der Waals surface area contributed by atoms with Crippen LogP contribution in [0.4, 0.5) is 11.4 Å². The van der Waals surface area contributed by atoms with E-state index in [-0.39, 0.29) is 11.8 Å². The van der Waals surface area contributed by atoms with Gasteiger partial charge in [-0.2, -0.15) is 5.10 Å². The molecule has 3 N–H and O–H groups in total. The molecule has 0 aliphatic heterocycles. The van der Waals surface area contributed by atoms with Crippen LogP contribution in [0.3, 0.4) is 0 Å². The Morgan fingerprint density at radius 3 is 2.82 bits per heavy atom. The van der Waals surface area contributed by atoms with Crippen LogP contribution in [0, 0.1) is 12.5 Å². The van der Waals surface area contributed by atoms with Crippen molar-refractivity contribution in [2.75, 3.05) is 5.32 Å². The fourth-order valence-corrected chi connectivity index (χ4v) is 3.60. The average molecular weight is 437 g/mol. The smallest absolute Gasteiger partial charge is 0.224 e. The van der Waals surface area contributed by atoms with Crippen LogP contribution >= 0.6 is 0 Å². The van der Waals surface area contributed by atoms with Crippen molar-refractivity contribution in [3.63, 3.8) is 0 Å². The van der Waals surface area contributed by atoms with Gasteiger partial charge in [0, 0.05) is 36.1 Å². The predicted octanol–water partition coefficient (Wildman–Crippen LogP) is 4.49. The molecular formula is C23H19N9O. The Morgan fingerprint density at radius 2 is 2.00 bits per heavy atom. The number of hydrogen-bond donors (Lipinski definition) is 3. The number of rotatable bonds is 5. The first kappa shape index (κ1) is 20.3. The molecule has 5 aromatic heterocycles. The van der Waals surface area contributed by atoms with E-state index in [2.05, 4.69) is 45.3 Å². The lowest BCUT2D eigenvalue weighted by molar-refractivity contribution is -0.116. The molecule has 0 unspecified atom stereocenters. The van der Waals surface area contributed by atoms with Crippen molar-refractivity contribution in [1.82, 2.24) is 35.1 Å². The molecular weight excluding hydrogens is 418 g/mol. The van der Waals surface area contributed by atoms with E-state index in [0.717, 1.165) is 16.5 Å². The van der Waals surface area contributed by atoms with E-state index in [1.807, 2.05) is 26.0 Å². The number of aromatic nitrogens is 7. The Labute approximate surface area is 188 Å². The summed E-state index contributed by atoms with van der Waals surface area (Å²) in [6, 6.07) is 5.44.